The maximum Gasteiger partial charge on any atom is 0.227 e. The lowest BCUT2D eigenvalue weighted by molar-refractivity contribution is -0.121. The number of hydrogen-bond donors (Lipinski definition) is 2. The van der Waals surface area contributed by atoms with Crippen molar-refractivity contribution in [3.8, 4) is 11.4 Å². The molecule has 1 aliphatic heterocycles. The molecule has 6 nitrogen and oxygen atoms in total. The molecule has 3 rings (SSSR count). The first-order valence-corrected chi connectivity index (χ1v) is 8.11. The van der Waals surface area contributed by atoms with Gasteiger partial charge >= 0.3 is 0 Å². The number of amides is 1. The van der Waals surface area contributed by atoms with Gasteiger partial charge in [0.05, 0.1) is 0 Å². The highest BCUT2D eigenvalue weighted by Gasteiger charge is 2.15. The van der Waals surface area contributed by atoms with Gasteiger partial charge in [-0.2, -0.15) is 16.3 Å². The number of nitrogens with one attached hydrogen (secondary N) is 2. The maximum absolute atomic E-state index is 11.8. The number of rotatable bonds is 6. The predicted molar refractivity (Wildman–Crippen MR) is 80.0 cm³/mol. The molecule has 0 spiro atoms. The molecule has 1 atom stereocenters. The van der Waals surface area contributed by atoms with E-state index in [2.05, 4.69) is 20.8 Å². The van der Waals surface area contributed by atoms with Gasteiger partial charge in [0, 0.05) is 36.4 Å². The maximum atomic E-state index is 11.8. The lowest BCUT2D eigenvalue weighted by atomic mass is 10.2. The zero-order chi connectivity index (χ0) is 14.5. The molecule has 3 heterocycles. The van der Waals surface area contributed by atoms with Crippen LogP contribution in [0.2, 0.25) is 0 Å². The Kier molecular flexibility index (Phi) is 4.62. The molecule has 0 radical (unpaired) electrons. The van der Waals surface area contributed by atoms with E-state index in [1.165, 1.54) is 6.42 Å². The molecule has 1 aliphatic rings. The van der Waals surface area contributed by atoms with Gasteiger partial charge in [-0.15, -0.1) is 0 Å². The van der Waals surface area contributed by atoms with Crippen molar-refractivity contribution in [1.82, 2.24) is 20.8 Å². The van der Waals surface area contributed by atoms with Crippen LogP contribution in [0.3, 0.4) is 0 Å². The molecule has 0 saturated carbocycles. The summed E-state index contributed by atoms with van der Waals surface area (Å²) in [7, 11) is 0. The smallest absolute Gasteiger partial charge is 0.227 e. The van der Waals surface area contributed by atoms with Crippen LogP contribution in [0.4, 0.5) is 0 Å². The number of aryl methyl sites for hydroxylation is 1. The first-order chi connectivity index (χ1) is 10.3. The van der Waals surface area contributed by atoms with Gasteiger partial charge in [0.15, 0.2) is 0 Å². The lowest BCUT2D eigenvalue weighted by Crippen LogP contribution is -2.37. The highest BCUT2D eigenvalue weighted by atomic mass is 32.1. The molecule has 1 amide bonds. The van der Waals surface area contributed by atoms with Crippen LogP contribution in [-0.4, -0.2) is 35.2 Å². The second kappa shape index (κ2) is 6.82. The first-order valence-electron chi connectivity index (χ1n) is 7.16. The summed E-state index contributed by atoms with van der Waals surface area (Å²) in [6, 6.07) is 2.36. The van der Waals surface area contributed by atoms with E-state index in [0.29, 0.717) is 37.1 Å². The minimum Gasteiger partial charge on any atom is -0.355 e. The molecule has 0 aromatic carbocycles. The van der Waals surface area contributed by atoms with Crippen molar-refractivity contribution < 1.29 is 9.32 Å². The van der Waals surface area contributed by atoms with E-state index in [4.69, 9.17) is 4.52 Å². The minimum absolute atomic E-state index is 0.0268. The fourth-order valence-corrected chi connectivity index (χ4v) is 2.98. The molecular formula is C14H18N4O2S. The SMILES string of the molecule is O=C(CCc1nc(-c2ccsc2)no1)NCC1CCCN1. The molecule has 7 heteroatoms. The van der Waals surface area contributed by atoms with E-state index in [-0.39, 0.29) is 5.91 Å². The van der Waals surface area contributed by atoms with Gasteiger partial charge < -0.3 is 15.2 Å². The quantitative estimate of drug-likeness (QED) is 0.847. The second-order valence-electron chi connectivity index (χ2n) is 5.12. The van der Waals surface area contributed by atoms with E-state index >= 15 is 0 Å². The molecule has 2 N–H and O–H groups in total. The molecule has 0 aliphatic carbocycles. The number of aromatic nitrogens is 2. The Morgan fingerprint density at radius 2 is 2.52 bits per heavy atom. The zero-order valence-electron chi connectivity index (χ0n) is 11.7. The summed E-state index contributed by atoms with van der Waals surface area (Å²) in [6.45, 7) is 1.75. The van der Waals surface area contributed by atoms with Crippen LogP contribution in [0, 0.1) is 0 Å². The third-order valence-corrected chi connectivity index (χ3v) is 4.20. The van der Waals surface area contributed by atoms with Crippen molar-refractivity contribution >= 4 is 17.2 Å². The molecule has 1 fully saturated rings. The van der Waals surface area contributed by atoms with Crippen LogP contribution in [0.15, 0.2) is 21.3 Å². The number of thiophene rings is 1. The summed E-state index contributed by atoms with van der Waals surface area (Å²) < 4.78 is 5.17. The van der Waals surface area contributed by atoms with Crippen molar-refractivity contribution in [3.63, 3.8) is 0 Å². The van der Waals surface area contributed by atoms with E-state index in [9.17, 15) is 4.79 Å². The van der Waals surface area contributed by atoms with Crippen molar-refractivity contribution in [2.75, 3.05) is 13.1 Å². The monoisotopic (exact) mass is 306 g/mol. The van der Waals surface area contributed by atoms with Gasteiger partial charge in [-0.3, -0.25) is 4.79 Å². The van der Waals surface area contributed by atoms with E-state index in [0.717, 1.165) is 18.5 Å². The Bertz CT molecular complexity index is 576. The summed E-state index contributed by atoms with van der Waals surface area (Å²) in [6.07, 6.45) is 3.17. The third-order valence-electron chi connectivity index (χ3n) is 3.52. The summed E-state index contributed by atoms with van der Waals surface area (Å²) in [5, 5.41) is 14.2. The lowest BCUT2D eigenvalue weighted by Gasteiger charge is -2.10. The summed E-state index contributed by atoms with van der Waals surface area (Å²) in [5.41, 5.74) is 0.951. The largest absolute Gasteiger partial charge is 0.355 e. The van der Waals surface area contributed by atoms with Gasteiger partial charge in [-0.1, -0.05) is 5.16 Å². The Labute approximate surface area is 126 Å². The highest BCUT2D eigenvalue weighted by Crippen LogP contribution is 2.18. The summed E-state index contributed by atoms with van der Waals surface area (Å²) in [4.78, 5) is 16.1. The van der Waals surface area contributed by atoms with Gasteiger partial charge in [-0.25, -0.2) is 0 Å². The zero-order valence-corrected chi connectivity index (χ0v) is 12.5. The molecule has 112 valence electrons. The summed E-state index contributed by atoms with van der Waals surface area (Å²) >= 11 is 1.59. The highest BCUT2D eigenvalue weighted by molar-refractivity contribution is 7.08. The standard InChI is InChI=1S/C14H18N4O2S/c19-12(16-8-11-2-1-6-15-11)3-4-13-17-14(18-20-13)10-5-7-21-9-10/h5,7,9,11,15H,1-4,6,8H2,(H,16,19). The van der Waals surface area contributed by atoms with Gasteiger partial charge in [-0.05, 0) is 30.8 Å². The average molecular weight is 306 g/mol. The van der Waals surface area contributed by atoms with Crippen LogP contribution in [0.25, 0.3) is 11.4 Å². The van der Waals surface area contributed by atoms with Crippen molar-refractivity contribution in [1.29, 1.82) is 0 Å². The molecule has 2 aromatic heterocycles. The van der Waals surface area contributed by atoms with E-state index < -0.39 is 0 Å². The van der Waals surface area contributed by atoms with Gasteiger partial charge in [0.2, 0.25) is 17.6 Å². The fraction of sp³-hybridized carbons (Fsp3) is 0.500. The molecule has 0 bridgehead atoms. The van der Waals surface area contributed by atoms with E-state index in [1.54, 1.807) is 11.3 Å². The third kappa shape index (κ3) is 3.89. The second-order valence-corrected chi connectivity index (χ2v) is 5.90. The van der Waals surface area contributed by atoms with Crippen molar-refractivity contribution in [2.45, 2.75) is 31.7 Å². The Hall–Kier alpha value is -1.73. The van der Waals surface area contributed by atoms with Gasteiger partial charge in [0.25, 0.3) is 0 Å². The normalized spacial score (nSPS) is 18.0. The topological polar surface area (TPSA) is 80.0 Å². The molecular weight excluding hydrogens is 288 g/mol. The van der Waals surface area contributed by atoms with E-state index in [1.807, 2.05) is 16.8 Å². The van der Waals surface area contributed by atoms with Crippen LogP contribution in [-0.2, 0) is 11.2 Å². The number of carbonyl (C=O) groups excluding carboxylic acids is 1. The fourth-order valence-electron chi connectivity index (χ4n) is 2.34. The Balaban J connectivity index is 1.43. The van der Waals surface area contributed by atoms with Crippen LogP contribution in [0.1, 0.15) is 25.2 Å². The van der Waals surface area contributed by atoms with Crippen molar-refractivity contribution in [3.05, 3.63) is 22.7 Å². The Morgan fingerprint density at radius 1 is 1.57 bits per heavy atom. The minimum atomic E-state index is 0.0268. The van der Waals surface area contributed by atoms with Crippen LogP contribution < -0.4 is 10.6 Å². The van der Waals surface area contributed by atoms with Crippen LogP contribution in [0.5, 0.6) is 0 Å². The molecule has 2 aromatic rings. The van der Waals surface area contributed by atoms with Crippen molar-refractivity contribution in [2.24, 2.45) is 0 Å². The average Bonchev–Trinajstić information content (AvgIpc) is 3.24. The first kappa shape index (κ1) is 14.2. The predicted octanol–water partition coefficient (Wildman–Crippen LogP) is 1.60. The summed E-state index contributed by atoms with van der Waals surface area (Å²) in [5.74, 6) is 1.12. The number of nitrogens with zero attached hydrogens (tertiary/aromatic N) is 2. The van der Waals surface area contributed by atoms with Gasteiger partial charge in [0.1, 0.15) is 0 Å². The van der Waals surface area contributed by atoms with Crippen LogP contribution >= 0.6 is 11.3 Å². The Morgan fingerprint density at radius 3 is 3.29 bits per heavy atom. The molecule has 1 saturated heterocycles. The molecule has 1 unspecified atom stereocenters. The number of carbonyl (C=O) groups is 1. The molecule has 21 heavy (non-hydrogen) atoms. The number of hydrogen-bond acceptors (Lipinski definition) is 6.